The number of hydrogen-bond acceptors (Lipinski definition) is 9. The largest absolute Gasteiger partial charge is 0.464 e. The van der Waals surface area contributed by atoms with Gasteiger partial charge < -0.3 is 23.4 Å². The van der Waals surface area contributed by atoms with Crippen molar-refractivity contribution in [3.05, 3.63) is 406 Å². The number of anilines is 6. The van der Waals surface area contributed by atoms with Gasteiger partial charge in [-0.1, -0.05) is 299 Å². The summed E-state index contributed by atoms with van der Waals surface area (Å²) in [6.45, 7) is 4.54. The lowest BCUT2D eigenvalue weighted by atomic mass is 9.81. The maximum atomic E-state index is 6.96. The van der Waals surface area contributed by atoms with Crippen LogP contribution in [0.15, 0.2) is 404 Å². The van der Waals surface area contributed by atoms with Gasteiger partial charge in [-0.2, -0.15) is 0 Å². The fraction of sp³-hybridized carbons (Fsp3) is 0.0275. The fourth-order valence-electron chi connectivity index (χ4n) is 18.0. The van der Waals surface area contributed by atoms with Crippen molar-refractivity contribution >= 4 is 83.7 Å². The summed E-state index contributed by atoms with van der Waals surface area (Å²) < 4.78 is 18.9. The van der Waals surface area contributed by atoms with Crippen LogP contribution in [0.1, 0.15) is 25.0 Å². The molecule has 0 saturated carbocycles. The van der Waals surface area contributed by atoms with Gasteiger partial charge in [-0.25, -0.2) is 9.97 Å². The third-order valence-corrected chi connectivity index (χ3v) is 23.4. The van der Waals surface area contributed by atoms with E-state index >= 15 is 0 Å². The van der Waals surface area contributed by atoms with E-state index in [1.165, 1.54) is 61.0 Å². The summed E-state index contributed by atoms with van der Waals surface area (Å²) in [6, 6.07) is 128. The lowest BCUT2D eigenvalue weighted by Crippen LogP contribution is -2.13. The van der Waals surface area contributed by atoms with Crippen molar-refractivity contribution < 1.29 is 13.6 Å². The van der Waals surface area contributed by atoms with E-state index in [1.807, 2.05) is 36.5 Å². The second-order valence-electron chi connectivity index (χ2n) is 30.7. The number of rotatable bonds is 7. The molecule has 1 aliphatic carbocycles. The summed E-state index contributed by atoms with van der Waals surface area (Å²) in [7, 11) is 0. The first-order chi connectivity index (χ1) is 58.3. The minimum atomic E-state index is -0.256. The molecule has 556 valence electrons. The summed E-state index contributed by atoms with van der Waals surface area (Å²) >= 11 is 0. The smallest absolute Gasteiger partial charge is 0.161 e. The number of furan rings is 2. The van der Waals surface area contributed by atoms with E-state index in [9.17, 15) is 0 Å². The lowest BCUT2D eigenvalue weighted by Gasteiger charge is -2.28. The van der Waals surface area contributed by atoms with Gasteiger partial charge in [-0.05, 0) is 163 Å². The number of pyridine rings is 2. The molecule has 8 heterocycles. The number of aromatic nitrogens is 4. The quantitative estimate of drug-likeness (QED) is 0.155. The number of hydrogen-bond donors (Lipinski definition) is 0. The lowest BCUT2D eigenvalue weighted by molar-refractivity contribution is 0.470. The standard InChI is InChI=1S/C47H32N2O.C32H21NO.C30H19N3O/c1-47(2)26-25-37-39(27-40-34-20-8-7-19-33(34)36-21-9-10-24-43(36)50-45(40)44(37)47)42-28-41(35-22-11-15-29-13-3-5-17-31(29)35)48-46(49-42)38-23-12-16-30-14-4-6-18-32(30)38;1-2-9-22(10-3-1)23-11-8-12-24(21-23)33-30-16-7-6-15-27(30)25-13-4-5-14-26(25)28-17-18-31-29(32(28)33)19-20-34-31;1-2-8-23-22(7-1)24-9-3-4-11-28(24)33(29-25(23)14-12-20-16-18-34-30(20)29)21-13-15-27(32-19-21)26-10-5-6-17-31-26/h3-28H,1-2H3;1-21H;1-19H. The van der Waals surface area contributed by atoms with Gasteiger partial charge >= 0.3 is 0 Å². The van der Waals surface area contributed by atoms with E-state index in [4.69, 9.17) is 28.5 Å². The number of ether oxygens (including phenoxy) is 1. The van der Waals surface area contributed by atoms with Gasteiger partial charge in [0.1, 0.15) is 17.1 Å². The highest BCUT2D eigenvalue weighted by atomic mass is 16.5. The van der Waals surface area contributed by atoms with Gasteiger partial charge in [0.25, 0.3) is 0 Å². The third kappa shape index (κ3) is 11.8. The van der Waals surface area contributed by atoms with E-state index < -0.39 is 0 Å². The molecular formula is C109H72N6O3. The van der Waals surface area contributed by atoms with Crippen LogP contribution < -0.4 is 14.5 Å². The number of allylic oxidation sites excluding steroid dienone is 1. The fourth-order valence-corrected chi connectivity index (χ4v) is 18.0. The van der Waals surface area contributed by atoms with Crippen LogP contribution in [-0.4, -0.2) is 19.9 Å². The molecule has 15 aromatic carbocycles. The van der Waals surface area contributed by atoms with Crippen LogP contribution in [0, 0.1) is 0 Å². The van der Waals surface area contributed by atoms with Crippen molar-refractivity contribution in [2.24, 2.45) is 0 Å². The molecule has 5 aromatic heterocycles. The zero-order valence-corrected chi connectivity index (χ0v) is 64.5. The predicted molar refractivity (Wildman–Crippen MR) is 483 cm³/mol. The summed E-state index contributed by atoms with van der Waals surface area (Å²) in [4.78, 5) is 24.7. The molecule has 3 aliphatic heterocycles. The number of para-hydroxylation sites is 3. The van der Waals surface area contributed by atoms with Crippen molar-refractivity contribution in [1.82, 2.24) is 19.9 Å². The Kier molecular flexibility index (Phi) is 16.7. The second-order valence-corrected chi connectivity index (χ2v) is 30.7. The second kappa shape index (κ2) is 28.5. The van der Waals surface area contributed by atoms with Crippen LogP contribution in [0.5, 0.6) is 11.5 Å². The van der Waals surface area contributed by atoms with Crippen LogP contribution in [0.4, 0.5) is 34.1 Å². The summed E-state index contributed by atoms with van der Waals surface area (Å²) in [5, 5.41) is 6.81. The minimum Gasteiger partial charge on any atom is -0.464 e. The summed E-state index contributed by atoms with van der Waals surface area (Å²) in [5.74, 6) is 2.49. The van der Waals surface area contributed by atoms with Gasteiger partial charge in [-0.15, -0.1) is 0 Å². The van der Waals surface area contributed by atoms with E-state index in [-0.39, 0.29) is 5.41 Å². The Morgan fingerprint density at radius 1 is 0.314 bits per heavy atom. The zero-order valence-electron chi connectivity index (χ0n) is 64.5. The SMILES string of the molecule is CC1(C)C=Cc2c(-c3cc(-c4cccc5ccccc45)nc(-c4cccc5ccccc45)n3)cc3c(c21)Oc1ccccc1-c1ccccc1-3.c1ccc(-c2ccc(N3c4ccccc4-c4ccccc4-c4ccc5ccoc5c43)cn2)nc1.c1ccc(-c2cccc(N3c4ccccc4-c4ccccc4-c4ccc5occc5c43)c2)cc1. The van der Waals surface area contributed by atoms with Crippen LogP contribution >= 0.6 is 0 Å². The molecule has 0 bridgehead atoms. The predicted octanol–water partition coefficient (Wildman–Crippen LogP) is 29.8. The normalized spacial score (nSPS) is 12.7. The Labute approximate surface area is 682 Å². The van der Waals surface area contributed by atoms with Crippen molar-refractivity contribution in [3.63, 3.8) is 0 Å². The molecule has 24 rings (SSSR count). The average Bonchev–Trinajstić information content (AvgIpc) is 1.57. The molecule has 0 saturated heterocycles. The highest BCUT2D eigenvalue weighted by Gasteiger charge is 2.37. The van der Waals surface area contributed by atoms with E-state index in [1.54, 1.807) is 18.7 Å². The molecule has 0 fully saturated rings. The molecule has 4 aliphatic rings. The van der Waals surface area contributed by atoms with Gasteiger partial charge in [0.15, 0.2) is 11.4 Å². The molecule has 9 heteroatoms. The molecule has 0 atom stereocenters. The van der Waals surface area contributed by atoms with Gasteiger partial charge in [0.05, 0.1) is 69.9 Å². The van der Waals surface area contributed by atoms with Crippen molar-refractivity contribution in [3.8, 4) is 135 Å². The topological polar surface area (TPSA) is 93.5 Å². The molecule has 118 heavy (non-hydrogen) atoms. The third-order valence-electron chi connectivity index (χ3n) is 23.4. The Hall–Kier alpha value is -15.6. The summed E-state index contributed by atoms with van der Waals surface area (Å²) in [6.07, 6.45) is 11.8. The first kappa shape index (κ1) is 69.2. The van der Waals surface area contributed by atoms with Crippen molar-refractivity contribution in [2.75, 3.05) is 9.80 Å². The number of nitrogens with zero attached hydrogens (tertiary/aromatic N) is 6. The first-order valence-corrected chi connectivity index (χ1v) is 39.9. The highest BCUT2D eigenvalue weighted by molar-refractivity contribution is 6.13. The Morgan fingerprint density at radius 2 is 0.847 bits per heavy atom. The van der Waals surface area contributed by atoms with E-state index in [0.29, 0.717) is 5.82 Å². The first-order valence-electron chi connectivity index (χ1n) is 39.9. The molecular weight excluding hydrogens is 1440 g/mol. The number of benzene rings is 15. The van der Waals surface area contributed by atoms with Crippen molar-refractivity contribution in [2.45, 2.75) is 19.3 Å². The molecule has 20 aromatic rings. The Bertz CT molecular complexity index is 7300. The van der Waals surface area contributed by atoms with Crippen LogP contribution in [0.3, 0.4) is 0 Å². The monoisotopic (exact) mass is 1510 g/mol. The molecule has 0 unspecified atom stereocenters. The van der Waals surface area contributed by atoms with Crippen LogP contribution in [0.2, 0.25) is 0 Å². The van der Waals surface area contributed by atoms with Crippen LogP contribution in [0.25, 0.3) is 173 Å². The van der Waals surface area contributed by atoms with E-state index in [0.717, 1.165) is 157 Å². The zero-order chi connectivity index (χ0) is 78.4. The van der Waals surface area contributed by atoms with Gasteiger partial charge in [-0.3, -0.25) is 9.97 Å². The highest BCUT2D eigenvalue weighted by Crippen LogP contribution is 2.58. The molecule has 0 amide bonds. The maximum absolute atomic E-state index is 6.96. The van der Waals surface area contributed by atoms with Gasteiger partial charge in [0, 0.05) is 83.7 Å². The maximum Gasteiger partial charge on any atom is 0.161 e. The van der Waals surface area contributed by atoms with Gasteiger partial charge in [0.2, 0.25) is 0 Å². The van der Waals surface area contributed by atoms with Crippen molar-refractivity contribution in [1.29, 1.82) is 0 Å². The molecule has 9 nitrogen and oxygen atoms in total. The molecule has 0 radical (unpaired) electrons. The average molecular weight is 1510 g/mol. The van der Waals surface area contributed by atoms with E-state index in [2.05, 4.69) is 374 Å². The molecule has 0 N–H and O–H groups in total. The minimum absolute atomic E-state index is 0.256. The Balaban J connectivity index is 0.000000110. The number of fused-ring (bicyclic) bond motifs is 23. The molecule has 0 spiro atoms. The Morgan fingerprint density at radius 3 is 1.54 bits per heavy atom. The summed E-state index contributed by atoms with van der Waals surface area (Å²) in [5.41, 5.74) is 33.4. The van der Waals surface area contributed by atoms with Crippen LogP contribution in [-0.2, 0) is 5.41 Å².